The van der Waals surface area contributed by atoms with Gasteiger partial charge in [0.15, 0.2) is 0 Å². The van der Waals surface area contributed by atoms with Crippen LogP contribution in [0.1, 0.15) is 29.6 Å². The molecule has 1 saturated carbocycles. The number of halogens is 1. The molecule has 18 heavy (non-hydrogen) atoms. The van der Waals surface area contributed by atoms with Crippen LogP contribution in [-0.4, -0.2) is 30.3 Å². The highest BCUT2D eigenvalue weighted by Crippen LogP contribution is 2.34. The third-order valence-corrected chi connectivity index (χ3v) is 4.39. The molecule has 0 spiro atoms. The fourth-order valence-electron chi connectivity index (χ4n) is 2.02. The third kappa shape index (κ3) is 2.77. The third-order valence-electron chi connectivity index (χ3n) is 3.48. The number of phenolic OH excluding ortho intramolecular Hbond substituents is 1. The first kappa shape index (κ1) is 13.6. The summed E-state index contributed by atoms with van der Waals surface area (Å²) in [5.74, 6) is -0.0432. The van der Waals surface area contributed by atoms with Crippen molar-refractivity contribution in [1.82, 2.24) is 5.32 Å². The highest BCUT2D eigenvalue weighted by molar-refractivity contribution is 14.1. The van der Waals surface area contributed by atoms with Crippen molar-refractivity contribution in [2.45, 2.75) is 24.9 Å². The van der Waals surface area contributed by atoms with Crippen molar-refractivity contribution < 1.29 is 14.6 Å². The minimum absolute atomic E-state index is 0.133. The van der Waals surface area contributed by atoms with E-state index in [1.54, 1.807) is 19.2 Å². The molecule has 2 N–H and O–H groups in total. The van der Waals surface area contributed by atoms with Crippen LogP contribution < -0.4 is 5.32 Å². The van der Waals surface area contributed by atoms with E-state index in [1.807, 2.05) is 22.6 Å². The van der Waals surface area contributed by atoms with Gasteiger partial charge < -0.3 is 15.2 Å². The molecule has 0 radical (unpaired) electrons. The topological polar surface area (TPSA) is 58.6 Å². The summed E-state index contributed by atoms with van der Waals surface area (Å²) in [5.41, 5.74) is 0.291. The molecular formula is C13H16INO3. The molecule has 1 fully saturated rings. The van der Waals surface area contributed by atoms with Crippen molar-refractivity contribution in [2.75, 3.05) is 13.7 Å². The number of carbonyl (C=O) groups is 1. The molecule has 4 nitrogen and oxygen atoms in total. The summed E-state index contributed by atoms with van der Waals surface area (Å²) in [4.78, 5) is 11.9. The standard InChI is InChI=1S/C13H16INO3/c1-18-13(5-2-6-13)8-15-12(17)9-3-4-10(14)11(16)7-9/h3-4,7,16H,2,5-6,8H2,1H3,(H,15,17). The normalized spacial score (nSPS) is 17.0. The number of rotatable bonds is 4. The van der Waals surface area contributed by atoms with Crippen LogP contribution in [0.2, 0.25) is 0 Å². The van der Waals surface area contributed by atoms with Crippen LogP contribution in [-0.2, 0) is 4.74 Å². The molecule has 0 atom stereocenters. The van der Waals surface area contributed by atoms with E-state index < -0.39 is 0 Å². The number of nitrogens with one attached hydrogen (secondary N) is 1. The summed E-state index contributed by atoms with van der Waals surface area (Å²) < 4.78 is 6.17. The number of methoxy groups -OCH3 is 1. The lowest BCUT2D eigenvalue weighted by molar-refractivity contribution is -0.0679. The first-order valence-electron chi connectivity index (χ1n) is 5.88. The van der Waals surface area contributed by atoms with Gasteiger partial charge in [0.05, 0.1) is 9.17 Å². The average molecular weight is 361 g/mol. The lowest BCUT2D eigenvalue weighted by Crippen LogP contribution is -2.49. The second-order valence-corrected chi connectivity index (χ2v) is 5.75. The van der Waals surface area contributed by atoms with E-state index in [1.165, 1.54) is 6.07 Å². The van der Waals surface area contributed by atoms with Gasteiger partial charge in [-0.3, -0.25) is 4.79 Å². The van der Waals surface area contributed by atoms with Gasteiger partial charge in [-0.25, -0.2) is 0 Å². The van der Waals surface area contributed by atoms with E-state index in [0.717, 1.165) is 22.8 Å². The summed E-state index contributed by atoms with van der Waals surface area (Å²) in [7, 11) is 1.68. The Hall–Kier alpha value is -0.820. The van der Waals surface area contributed by atoms with E-state index in [4.69, 9.17) is 4.74 Å². The fraction of sp³-hybridized carbons (Fsp3) is 0.462. The van der Waals surface area contributed by atoms with Crippen LogP contribution >= 0.6 is 22.6 Å². The molecular weight excluding hydrogens is 345 g/mol. The Morgan fingerprint density at radius 3 is 2.78 bits per heavy atom. The zero-order chi connectivity index (χ0) is 13.2. The molecule has 1 aliphatic rings. The maximum atomic E-state index is 11.9. The molecule has 0 unspecified atom stereocenters. The van der Waals surface area contributed by atoms with E-state index >= 15 is 0 Å². The number of phenols is 1. The molecule has 0 bridgehead atoms. The Balaban J connectivity index is 1.97. The van der Waals surface area contributed by atoms with E-state index in [-0.39, 0.29) is 17.3 Å². The fourth-order valence-corrected chi connectivity index (χ4v) is 2.36. The quantitative estimate of drug-likeness (QED) is 0.810. The summed E-state index contributed by atoms with van der Waals surface area (Å²) in [5, 5.41) is 12.4. The molecule has 5 heteroatoms. The zero-order valence-electron chi connectivity index (χ0n) is 10.2. The Labute approximate surface area is 120 Å². The summed E-state index contributed by atoms with van der Waals surface area (Å²) in [6.07, 6.45) is 3.12. The minimum Gasteiger partial charge on any atom is -0.507 e. The lowest BCUT2D eigenvalue weighted by Gasteiger charge is -2.40. The maximum Gasteiger partial charge on any atom is 0.251 e. The highest BCUT2D eigenvalue weighted by Gasteiger charge is 2.37. The van der Waals surface area contributed by atoms with Crippen LogP contribution in [0.15, 0.2) is 18.2 Å². The smallest absolute Gasteiger partial charge is 0.251 e. The largest absolute Gasteiger partial charge is 0.507 e. The van der Waals surface area contributed by atoms with E-state index in [9.17, 15) is 9.90 Å². The molecule has 1 aliphatic carbocycles. The molecule has 0 saturated heterocycles. The van der Waals surface area contributed by atoms with Crippen LogP contribution in [0.3, 0.4) is 0 Å². The van der Waals surface area contributed by atoms with Gasteiger partial charge in [-0.2, -0.15) is 0 Å². The van der Waals surface area contributed by atoms with Crippen molar-refractivity contribution in [3.63, 3.8) is 0 Å². The Morgan fingerprint density at radius 2 is 2.28 bits per heavy atom. The minimum atomic E-state index is -0.180. The zero-order valence-corrected chi connectivity index (χ0v) is 12.4. The number of aromatic hydroxyl groups is 1. The average Bonchev–Trinajstić information content (AvgIpc) is 2.31. The molecule has 1 amide bonds. The SMILES string of the molecule is COC1(CNC(=O)c2ccc(I)c(O)c2)CCC1. The van der Waals surface area contributed by atoms with Gasteiger partial charge in [-0.15, -0.1) is 0 Å². The molecule has 0 aliphatic heterocycles. The molecule has 2 rings (SSSR count). The Morgan fingerprint density at radius 1 is 1.56 bits per heavy atom. The molecule has 98 valence electrons. The van der Waals surface area contributed by atoms with Gasteiger partial charge in [0, 0.05) is 19.2 Å². The summed E-state index contributed by atoms with van der Waals surface area (Å²) in [6, 6.07) is 4.91. The number of ether oxygens (including phenoxy) is 1. The van der Waals surface area contributed by atoms with Crippen LogP contribution in [0.25, 0.3) is 0 Å². The van der Waals surface area contributed by atoms with E-state index in [2.05, 4.69) is 5.32 Å². The maximum absolute atomic E-state index is 11.9. The highest BCUT2D eigenvalue weighted by atomic mass is 127. The van der Waals surface area contributed by atoms with Crippen molar-refractivity contribution in [1.29, 1.82) is 0 Å². The predicted octanol–water partition coefficient (Wildman–Crippen LogP) is 2.30. The molecule has 0 aromatic heterocycles. The van der Waals surface area contributed by atoms with Crippen LogP contribution in [0, 0.1) is 3.57 Å². The van der Waals surface area contributed by atoms with Crippen LogP contribution in [0.4, 0.5) is 0 Å². The number of hydrogen-bond donors (Lipinski definition) is 2. The van der Waals surface area contributed by atoms with Crippen molar-refractivity contribution in [2.24, 2.45) is 0 Å². The Bertz CT molecular complexity index is 452. The van der Waals surface area contributed by atoms with E-state index in [0.29, 0.717) is 12.1 Å². The lowest BCUT2D eigenvalue weighted by atomic mass is 9.80. The first-order chi connectivity index (χ1) is 8.56. The molecule has 1 aromatic rings. The van der Waals surface area contributed by atoms with Gasteiger partial charge in [-0.05, 0) is 60.1 Å². The Kier molecular flexibility index (Phi) is 4.11. The second kappa shape index (κ2) is 5.44. The van der Waals surface area contributed by atoms with Crippen molar-refractivity contribution in [3.8, 4) is 5.75 Å². The molecule has 0 heterocycles. The predicted molar refractivity (Wildman–Crippen MR) is 76.7 cm³/mol. The summed E-state index contributed by atoms with van der Waals surface area (Å²) in [6.45, 7) is 0.523. The van der Waals surface area contributed by atoms with Crippen LogP contribution in [0.5, 0.6) is 5.75 Å². The van der Waals surface area contributed by atoms with Gasteiger partial charge in [0.25, 0.3) is 5.91 Å². The van der Waals surface area contributed by atoms with Crippen molar-refractivity contribution >= 4 is 28.5 Å². The second-order valence-electron chi connectivity index (χ2n) is 4.59. The van der Waals surface area contributed by atoms with Gasteiger partial charge in [-0.1, -0.05) is 0 Å². The van der Waals surface area contributed by atoms with Gasteiger partial charge in [0.1, 0.15) is 5.75 Å². The number of benzene rings is 1. The monoisotopic (exact) mass is 361 g/mol. The number of carbonyl (C=O) groups excluding carboxylic acids is 1. The molecule has 1 aromatic carbocycles. The van der Waals surface area contributed by atoms with Gasteiger partial charge in [0.2, 0.25) is 0 Å². The van der Waals surface area contributed by atoms with Gasteiger partial charge >= 0.3 is 0 Å². The number of hydrogen-bond acceptors (Lipinski definition) is 3. The first-order valence-corrected chi connectivity index (χ1v) is 6.96. The number of amides is 1. The van der Waals surface area contributed by atoms with Crippen molar-refractivity contribution in [3.05, 3.63) is 27.3 Å². The summed E-state index contributed by atoms with van der Waals surface area (Å²) >= 11 is 2.02.